The Morgan fingerprint density at radius 1 is 1.21 bits per heavy atom. The smallest absolute Gasteiger partial charge is 0.748 e. The molecule has 1 atom stereocenters. The van der Waals surface area contributed by atoms with Crippen molar-refractivity contribution in [3.8, 4) is 0 Å². The van der Waals surface area contributed by atoms with Crippen molar-refractivity contribution in [2.45, 2.75) is 31.8 Å². The van der Waals surface area contributed by atoms with Gasteiger partial charge in [0.25, 0.3) is 0 Å². The number of hydrogen-bond acceptors (Lipinski definition) is 8. The van der Waals surface area contributed by atoms with Crippen molar-refractivity contribution in [3.63, 3.8) is 0 Å². The number of hydrogen-bond donors (Lipinski definition) is 2. The van der Waals surface area contributed by atoms with Gasteiger partial charge >= 0.3 is 35.5 Å². The fourth-order valence-corrected chi connectivity index (χ4v) is 3.15. The summed E-state index contributed by atoms with van der Waals surface area (Å²) in [6.07, 6.45) is 4.64. The molecule has 0 aliphatic carbocycles. The Morgan fingerprint density at radius 2 is 1.71 bits per heavy atom. The van der Waals surface area contributed by atoms with Gasteiger partial charge in [-0.05, 0) is 44.4 Å². The first-order valence-electron chi connectivity index (χ1n) is 7.69. The Hall–Kier alpha value is -0.850. The first-order chi connectivity index (χ1) is 12.3. The number of carbonyl (C=O) groups excluding carboxylic acids is 3. The Morgan fingerprint density at radius 3 is 2.07 bits per heavy atom. The van der Waals surface area contributed by atoms with Gasteiger partial charge in [0.1, 0.15) is 6.04 Å². The normalized spacial score (nSPS) is 11.5. The van der Waals surface area contributed by atoms with Crippen LogP contribution in [0.25, 0.3) is 0 Å². The molecule has 2 N–H and O–H groups in total. The van der Waals surface area contributed by atoms with E-state index in [2.05, 4.69) is 28.5 Å². The van der Waals surface area contributed by atoms with Crippen molar-refractivity contribution in [2.75, 3.05) is 24.9 Å². The number of amides is 2. The van der Waals surface area contributed by atoms with Crippen molar-refractivity contribution in [1.82, 2.24) is 10.6 Å². The number of nitrogens with one attached hydrogen (secondary N) is 2. The average Bonchev–Trinajstić information content (AvgIpc) is 2.55. The molecule has 0 rings (SSSR count). The molecule has 0 aliphatic heterocycles. The molecule has 0 bridgehead atoms. The number of ether oxygens (including phenoxy) is 1. The number of thioether (sulfide) groups is 1. The van der Waals surface area contributed by atoms with Gasteiger partial charge in [0.05, 0.1) is 23.0 Å². The summed E-state index contributed by atoms with van der Waals surface area (Å²) in [5.74, 6) is -1.14. The summed E-state index contributed by atoms with van der Waals surface area (Å²) in [6.45, 7) is 9.41. The summed E-state index contributed by atoms with van der Waals surface area (Å²) in [5, 5.41) is 4.83. The van der Waals surface area contributed by atoms with Gasteiger partial charge in [0.2, 0.25) is 11.8 Å². The van der Waals surface area contributed by atoms with Crippen LogP contribution in [0.15, 0.2) is 25.3 Å². The third-order valence-corrected chi connectivity index (χ3v) is 4.50. The fraction of sp³-hybridized carbons (Fsp3) is 0.562. The zero-order valence-electron chi connectivity index (χ0n) is 16.9. The molecule has 12 heteroatoms. The van der Waals surface area contributed by atoms with Gasteiger partial charge in [-0.25, -0.2) is 13.2 Å². The van der Waals surface area contributed by atoms with Gasteiger partial charge < -0.3 is 19.9 Å². The Bertz CT molecular complexity index is 637. The topological polar surface area (TPSA) is 142 Å². The van der Waals surface area contributed by atoms with E-state index in [4.69, 9.17) is 0 Å². The minimum absolute atomic E-state index is 0. The second-order valence-electron chi connectivity index (χ2n) is 5.85. The summed E-state index contributed by atoms with van der Waals surface area (Å²) in [7, 11) is -3.03. The predicted molar refractivity (Wildman–Crippen MR) is 104 cm³/mol. The molecule has 0 fully saturated rings. The van der Waals surface area contributed by atoms with Crippen molar-refractivity contribution >= 4 is 39.7 Å². The van der Waals surface area contributed by atoms with Gasteiger partial charge in [-0.2, -0.15) is 11.8 Å². The van der Waals surface area contributed by atoms with Crippen LogP contribution in [0.4, 0.5) is 0 Å². The van der Waals surface area contributed by atoms with Gasteiger partial charge in [-0.1, -0.05) is 13.2 Å². The molecule has 0 aliphatic rings. The quantitative estimate of drug-likeness (QED) is 0.159. The van der Waals surface area contributed by atoms with Crippen molar-refractivity contribution < 1.29 is 61.6 Å². The van der Waals surface area contributed by atoms with E-state index in [1.807, 2.05) is 6.26 Å². The van der Waals surface area contributed by atoms with Crippen molar-refractivity contribution in [3.05, 3.63) is 25.3 Å². The van der Waals surface area contributed by atoms with E-state index >= 15 is 0 Å². The third-order valence-electron chi connectivity index (χ3n) is 2.78. The molecule has 0 aromatic carbocycles. The molecule has 0 aromatic heterocycles. The summed E-state index contributed by atoms with van der Waals surface area (Å²) >= 11 is 1.61. The number of esters is 1. The van der Waals surface area contributed by atoms with Crippen LogP contribution in [0.5, 0.6) is 0 Å². The molecule has 0 saturated carbocycles. The van der Waals surface area contributed by atoms with E-state index in [1.165, 1.54) is 21.0 Å². The maximum absolute atomic E-state index is 11.2. The first-order valence-corrected chi connectivity index (χ1v) is 10.7. The van der Waals surface area contributed by atoms with Gasteiger partial charge in [0, 0.05) is 5.54 Å². The maximum atomic E-state index is 11.2. The van der Waals surface area contributed by atoms with Crippen LogP contribution in [0.3, 0.4) is 0 Å². The van der Waals surface area contributed by atoms with Gasteiger partial charge in [-0.3, -0.25) is 9.59 Å². The summed E-state index contributed by atoms with van der Waals surface area (Å²) in [6, 6.07) is -0.571. The molecule has 0 radical (unpaired) electrons. The second-order valence-corrected chi connectivity index (χ2v) is 8.24. The number of carbonyl (C=O) groups is 3. The second kappa shape index (κ2) is 16.0. The Labute approximate surface area is 193 Å². The van der Waals surface area contributed by atoms with E-state index in [1.54, 1.807) is 11.8 Å². The van der Waals surface area contributed by atoms with Gasteiger partial charge in [-0.15, -0.1) is 0 Å². The Kier molecular flexibility index (Phi) is 18.2. The molecule has 0 heterocycles. The van der Waals surface area contributed by atoms with E-state index < -0.39 is 39.3 Å². The molecule has 156 valence electrons. The maximum Gasteiger partial charge on any atom is 1.00 e. The van der Waals surface area contributed by atoms with E-state index in [-0.39, 0.29) is 35.5 Å². The molecule has 0 spiro atoms. The van der Waals surface area contributed by atoms with Crippen molar-refractivity contribution in [2.24, 2.45) is 0 Å². The Balaban J connectivity index is -0.000000432. The van der Waals surface area contributed by atoms with Crippen LogP contribution in [-0.2, 0) is 29.2 Å². The van der Waals surface area contributed by atoms with E-state index in [0.29, 0.717) is 6.42 Å². The third kappa shape index (κ3) is 18.5. The predicted octanol–water partition coefficient (Wildman–Crippen LogP) is -2.80. The zero-order chi connectivity index (χ0) is 21.7. The van der Waals surface area contributed by atoms with E-state index in [0.717, 1.165) is 17.9 Å². The number of methoxy groups -OCH3 is 1. The van der Waals surface area contributed by atoms with E-state index in [9.17, 15) is 27.4 Å². The van der Waals surface area contributed by atoms with Crippen LogP contribution in [-0.4, -0.2) is 67.2 Å². The summed E-state index contributed by atoms with van der Waals surface area (Å²) < 4.78 is 35.7. The average molecular weight is 447 g/mol. The zero-order valence-corrected chi connectivity index (χ0v) is 20.6. The van der Waals surface area contributed by atoms with Crippen molar-refractivity contribution in [1.29, 1.82) is 0 Å². The summed E-state index contributed by atoms with van der Waals surface area (Å²) in [5.41, 5.74) is -1.06. The first kappa shape index (κ1) is 31.8. The van der Waals surface area contributed by atoms with Gasteiger partial charge in [0.15, 0.2) is 0 Å². The molecule has 9 nitrogen and oxygen atoms in total. The summed E-state index contributed by atoms with van der Waals surface area (Å²) in [4.78, 5) is 32.9. The van der Waals surface area contributed by atoms with Crippen LogP contribution in [0, 0.1) is 0 Å². The molecule has 28 heavy (non-hydrogen) atoms. The fourth-order valence-electron chi connectivity index (χ4n) is 1.72. The molecule has 0 saturated heterocycles. The molecular formula is C16H27N2NaO7S2. The SMILES string of the molecule is C=CC(=O)NC(C)(C)CS(=O)(=O)[O-].C=CC(=O)N[C@@H](CCSC)C(=O)OC.[Na+]. The van der Waals surface area contributed by atoms with Crippen LogP contribution in [0.2, 0.25) is 0 Å². The van der Waals surface area contributed by atoms with Crippen LogP contribution in [0.1, 0.15) is 20.3 Å². The molecule has 0 unspecified atom stereocenters. The molecular weight excluding hydrogens is 419 g/mol. The number of rotatable bonds is 10. The standard InChI is InChI=1S/C9H15NO3S.C7H13NO4S.Na/c1-4-8(11)10-7(5-6-14-3)9(12)13-2;1-4-6(9)8-7(2,3)5-13(10,11)12;/h4,7H,1,5-6H2,2-3H3,(H,10,11);4H,1,5H2,2-3H3,(H,8,9)(H,10,11,12);/q;;+1/p-1/t7-;;/m0../s1. The minimum Gasteiger partial charge on any atom is -0.748 e. The van der Waals surface area contributed by atoms with Crippen LogP contribution < -0.4 is 40.2 Å². The van der Waals surface area contributed by atoms with Crippen LogP contribution >= 0.6 is 11.8 Å². The molecule has 0 aromatic rings. The largest absolute Gasteiger partial charge is 1.00 e. The minimum atomic E-state index is -4.33. The molecule has 2 amide bonds. The monoisotopic (exact) mass is 446 g/mol.